The fourth-order valence-electron chi connectivity index (χ4n) is 6.63. The number of halogens is 1. The van der Waals surface area contributed by atoms with Gasteiger partial charge in [-0.1, -0.05) is 49.9 Å². The maximum atomic E-state index is 14.6. The highest BCUT2D eigenvalue weighted by Gasteiger charge is 2.44. The molecule has 2 amide bonds. The zero-order chi connectivity index (χ0) is 28.8. The average molecular weight is 581 g/mol. The van der Waals surface area contributed by atoms with E-state index >= 15 is 0 Å². The number of aliphatic imine (C=N–C) groups is 1. The molecule has 8 heteroatoms. The van der Waals surface area contributed by atoms with Gasteiger partial charge in [-0.15, -0.1) is 0 Å². The van der Waals surface area contributed by atoms with E-state index in [0.29, 0.717) is 35.0 Å². The van der Waals surface area contributed by atoms with Crippen LogP contribution in [0.25, 0.3) is 0 Å². The summed E-state index contributed by atoms with van der Waals surface area (Å²) in [6.07, 6.45) is 8.86. The van der Waals surface area contributed by atoms with Crippen molar-refractivity contribution in [1.82, 2.24) is 14.7 Å². The lowest BCUT2D eigenvalue weighted by molar-refractivity contribution is 0.117. The Morgan fingerprint density at radius 2 is 1.73 bits per heavy atom. The van der Waals surface area contributed by atoms with Crippen molar-refractivity contribution in [2.75, 3.05) is 39.9 Å². The fraction of sp³-hybridized carbons (Fsp3) is 0.576. The molecule has 3 aliphatic heterocycles. The number of benzene rings is 2. The molecule has 0 radical (unpaired) electrons. The molecule has 0 aliphatic carbocycles. The van der Waals surface area contributed by atoms with E-state index in [1.54, 1.807) is 7.11 Å². The minimum absolute atomic E-state index is 0.0276. The Morgan fingerprint density at radius 1 is 1.00 bits per heavy atom. The zero-order valence-electron chi connectivity index (χ0n) is 24.9. The molecule has 5 rings (SSSR count). The van der Waals surface area contributed by atoms with Crippen LogP contribution in [0.3, 0.4) is 0 Å². The summed E-state index contributed by atoms with van der Waals surface area (Å²) in [5, 5.41) is 0.686. The summed E-state index contributed by atoms with van der Waals surface area (Å²) in [4.78, 5) is 26.5. The molecule has 2 aromatic carbocycles. The average Bonchev–Trinajstić information content (AvgIpc) is 3.67. The first-order valence-corrected chi connectivity index (χ1v) is 15.9. The van der Waals surface area contributed by atoms with Crippen molar-refractivity contribution in [1.29, 1.82) is 0 Å². The van der Waals surface area contributed by atoms with Crippen LogP contribution in [0.1, 0.15) is 82.4 Å². The third-order valence-corrected chi connectivity index (χ3v) is 9.05. The largest absolute Gasteiger partial charge is 0.497 e. The van der Waals surface area contributed by atoms with E-state index < -0.39 is 0 Å². The molecule has 7 nitrogen and oxygen atoms in total. The van der Waals surface area contributed by atoms with E-state index in [-0.39, 0.29) is 18.1 Å². The summed E-state index contributed by atoms with van der Waals surface area (Å²) in [5.41, 5.74) is 1.88. The SMILES string of the molecule is CCCCCC1N=C(c2ccc(OC)cc2OCC)N(C(=O)N2CCC(N3CCCC3)CC2)C1c1ccc(Cl)cc1. The molecule has 0 bridgehead atoms. The van der Waals surface area contributed by atoms with Crippen LogP contribution in [0.5, 0.6) is 11.5 Å². The number of rotatable bonds is 10. The van der Waals surface area contributed by atoms with Crippen LogP contribution in [-0.4, -0.2) is 78.5 Å². The Balaban J connectivity index is 1.51. The van der Waals surface area contributed by atoms with Gasteiger partial charge in [0.25, 0.3) is 0 Å². The number of nitrogens with zero attached hydrogens (tertiary/aromatic N) is 4. The van der Waals surface area contributed by atoms with Crippen LogP contribution >= 0.6 is 11.6 Å². The quantitative estimate of drug-likeness (QED) is 0.279. The smallest absolute Gasteiger partial charge is 0.326 e. The number of piperidine rings is 1. The predicted molar refractivity (Wildman–Crippen MR) is 165 cm³/mol. The molecule has 0 spiro atoms. The van der Waals surface area contributed by atoms with E-state index in [0.717, 1.165) is 62.7 Å². The third-order valence-electron chi connectivity index (χ3n) is 8.80. The molecular formula is C33H45ClN4O3. The van der Waals surface area contributed by atoms with Crippen molar-refractivity contribution in [3.05, 3.63) is 58.6 Å². The summed E-state index contributed by atoms with van der Waals surface area (Å²) in [5.74, 6) is 2.08. The first-order chi connectivity index (χ1) is 20.0. The van der Waals surface area contributed by atoms with Gasteiger partial charge in [0.2, 0.25) is 0 Å². The highest BCUT2D eigenvalue weighted by molar-refractivity contribution is 6.30. The molecular weight excluding hydrogens is 536 g/mol. The maximum absolute atomic E-state index is 14.6. The lowest BCUT2D eigenvalue weighted by Gasteiger charge is -2.40. The topological polar surface area (TPSA) is 57.6 Å². The maximum Gasteiger partial charge on any atom is 0.326 e. The van der Waals surface area contributed by atoms with Crippen molar-refractivity contribution >= 4 is 23.5 Å². The lowest BCUT2D eigenvalue weighted by Crippen LogP contribution is -2.52. The molecule has 0 saturated carbocycles. The number of ether oxygens (including phenoxy) is 2. The van der Waals surface area contributed by atoms with Gasteiger partial charge in [-0.3, -0.25) is 9.89 Å². The van der Waals surface area contributed by atoms with E-state index in [1.165, 1.54) is 25.9 Å². The number of hydrogen-bond acceptors (Lipinski definition) is 5. The number of amidine groups is 1. The van der Waals surface area contributed by atoms with Gasteiger partial charge in [0, 0.05) is 30.2 Å². The van der Waals surface area contributed by atoms with Crippen LogP contribution < -0.4 is 9.47 Å². The van der Waals surface area contributed by atoms with Gasteiger partial charge in [0.15, 0.2) is 0 Å². The van der Waals surface area contributed by atoms with Crippen molar-refractivity contribution in [2.45, 2.75) is 83.3 Å². The first-order valence-electron chi connectivity index (χ1n) is 15.5. The van der Waals surface area contributed by atoms with Crippen LogP contribution in [0.4, 0.5) is 4.79 Å². The van der Waals surface area contributed by atoms with E-state index in [1.807, 2.05) is 47.1 Å². The van der Waals surface area contributed by atoms with Crippen molar-refractivity contribution in [3.8, 4) is 11.5 Å². The number of methoxy groups -OCH3 is 1. The standard InChI is InChI=1S/C33H45ClN4O3/c1-4-6-7-10-29-31(24-11-13-25(34)14-12-24)38(32(35-29)28-16-15-27(40-3)23-30(28)41-5-2)33(39)37-21-17-26(18-22-37)36-19-8-9-20-36/h11-16,23,26,29,31H,4-10,17-22H2,1-3H3. The molecule has 3 aliphatic rings. The number of carbonyl (C=O) groups is 1. The molecule has 222 valence electrons. The number of amides is 2. The van der Waals surface area contributed by atoms with Crippen LogP contribution in [-0.2, 0) is 0 Å². The highest BCUT2D eigenvalue weighted by Crippen LogP contribution is 2.40. The van der Waals surface area contributed by atoms with Gasteiger partial charge >= 0.3 is 6.03 Å². The summed E-state index contributed by atoms with van der Waals surface area (Å²) in [7, 11) is 1.65. The predicted octanol–water partition coefficient (Wildman–Crippen LogP) is 7.18. The molecule has 0 N–H and O–H groups in total. The molecule has 2 fully saturated rings. The van der Waals surface area contributed by atoms with Crippen molar-refractivity contribution in [3.63, 3.8) is 0 Å². The highest BCUT2D eigenvalue weighted by atomic mass is 35.5. The van der Waals surface area contributed by atoms with E-state index in [9.17, 15) is 4.79 Å². The van der Waals surface area contributed by atoms with Gasteiger partial charge in [0.05, 0.1) is 31.4 Å². The minimum Gasteiger partial charge on any atom is -0.497 e. The Labute approximate surface area is 250 Å². The van der Waals surface area contributed by atoms with E-state index in [2.05, 4.69) is 24.0 Å². The summed E-state index contributed by atoms with van der Waals surface area (Å²) in [6, 6.07) is 14.1. The third kappa shape index (κ3) is 6.67. The Kier molecular flexibility index (Phi) is 10.1. The number of unbranched alkanes of at least 4 members (excludes halogenated alkanes) is 2. The molecule has 2 aromatic rings. The summed E-state index contributed by atoms with van der Waals surface area (Å²) in [6.45, 7) is 8.60. The second-order valence-electron chi connectivity index (χ2n) is 11.4. The molecule has 41 heavy (non-hydrogen) atoms. The van der Waals surface area contributed by atoms with Gasteiger partial charge in [-0.2, -0.15) is 0 Å². The summed E-state index contributed by atoms with van der Waals surface area (Å²) < 4.78 is 11.6. The molecule has 3 heterocycles. The summed E-state index contributed by atoms with van der Waals surface area (Å²) >= 11 is 6.30. The Morgan fingerprint density at radius 3 is 2.39 bits per heavy atom. The van der Waals surface area contributed by atoms with Crippen molar-refractivity contribution in [2.24, 2.45) is 4.99 Å². The molecule has 0 aromatic heterocycles. The fourth-order valence-corrected chi connectivity index (χ4v) is 6.76. The number of likely N-dealkylation sites (tertiary alicyclic amines) is 2. The van der Waals surface area contributed by atoms with E-state index in [4.69, 9.17) is 26.1 Å². The second-order valence-corrected chi connectivity index (χ2v) is 11.9. The Hall–Kier alpha value is -2.77. The van der Waals surface area contributed by atoms with Gasteiger partial charge in [-0.25, -0.2) is 4.79 Å². The molecule has 2 saturated heterocycles. The van der Waals surface area contributed by atoms with Gasteiger partial charge in [0.1, 0.15) is 17.3 Å². The molecule has 2 atom stereocenters. The van der Waals surface area contributed by atoms with Crippen LogP contribution in [0.15, 0.2) is 47.5 Å². The Bertz CT molecular complexity index is 1190. The first kappa shape index (κ1) is 29.7. The lowest BCUT2D eigenvalue weighted by atomic mass is 9.95. The second kappa shape index (κ2) is 13.9. The van der Waals surface area contributed by atoms with Gasteiger partial charge in [-0.05, 0) is 81.9 Å². The van der Waals surface area contributed by atoms with Crippen molar-refractivity contribution < 1.29 is 14.3 Å². The normalized spacial score (nSPS) is 21.8. The number of carbonyl (C=O) groups excluding carboxylic acids is 1. The number of hydrogen-bond donors (Lipinski definition) is 0. The molecule has 2 unspecified atom stereocenters. The monoisotopic (exact) mass is 580 g/mol. The zero-order valence-corrected chi connectivity index (χ0v) is 25.6. The minimum atomic E-state index is -0.209. The van der Waals surface area contributed by atoms with Gasteiger partial charge < -0.3 is 19.3 Å². The number of urea groups is 1. The van der Waals surface area contributed by atoms with Crippen LogP contribution in [0, 0.1) is 0 Å². The van der Waals surface area contributed by atoms with Crippen LogP contribution in [0.2, 0.25) is 5.02 Å².